The Hall–Kier alpha value is -0.770. The number of carbonyl (C=O) groups excluding carboxylic acids is 1. The molecule has 1 N–H and O–H groups in total. The van der Waals surface area contributed by atoms with Crippen molar-refractivity contribution >= 4 is 29.9 Å². The zero-order valence-corrected chi connectivity index (χ0v) is 13.0. The lowest BCUT2D eigenvalue weighted by molar-refractivity contribution is 0.0673. The molecular weight excluding hydrogens is 283 g/mol. The third kappa shape index (κ3) is 3.62. The van der Waals surface area contributed by atoms with Gasteiger partial charge in [0.1, 0.15) is 0 Å². The summed E-state index contributed by atoms with van der Waals surface area (Å²) < 4.78 is 0. The Balaban J connectivity index is 0.00000180. The number of carbonyl (C=O) groups is 1. The monoisotopic (exact) mass is 302 g/mol. The fourth-order valence-corrected chi connectivity index (χ4v) is 2.68. The van der Waals surface area contributed by atoms with E-state index in [0.29, 0.717) is 22.7 Å². The predicted octanol–water partition coefficient (Wildman–Crippen LogP) is 2.89. The van der Waals surface area contributed by atoms with Crippen LogP contribution in [0.1, 0.15) is 29.8 Å². The Labute approximate surface area is 125 Å². The largest absolute Gasteiger partial charge is 0.336 e. The Kier molecular flexibility index (Phi) is 5.65. The summed E-state index contributed by atoms with van der Waals surface area (Å²) in [7, 11) is 0. The molecule has 1 fully saturated rings. The number of nitrogens with zero attached hydrogens (tertiary/aromatic N) is 1. The lowest BCUT2D eigenvalue weighted by Gasteiger charge is -2.36. The minimum absolute atomic E-state index is 0. The highest BCUT2D eigenvalue weighted by molar-refractivity contribution is 6.31. The number of benzene rings is 1. The van der Waals surface area contributed by atoms with Gasteiger partial charge in [0.05, 0.1) is 0 Å². The van der Waals surface area contributed by atoms with Crippen molar-refractivity contribution in [2.45, 2.75) is 32.9 Å². The van der Waals surface area contributed by atoms with E-state index in [-0.39, 0.29) is 18.3 Å². The summed E-state index contributed by atoms with van der Waals surface area (Å²) in [6.45, 7) is 7.58. The summed E-state index contributed by atoms with van der Waals surface area (Å²) >= 11 is 6.07. The van der Waals surface area contributed by atoms with Gasteiger partial charge in [-0.05, 0) is 38.5 Å². The van der Waals surface area contributed by atoms with E-state index in [1.54, 1.807) is 0 Å². The molecule has 1 aromatic rings. The maximum absolute atomic E-state index is 12.5. The molecule has 106 valence electrons. The first-order valence-corrected chi connectivity index (χ1v) is 6.67. The Bertz CT molecular complexity index is 455. The van der Waals surface area contributed by atoms with Gasteiger partial charge in [0, 0.05) is 35.8 Å². The summed E-state index contributed by atoms with van der Waals surface area (Å²) in [6, 6.07) is 6.16. The van der Waals surface area contributed by atoms with Gasteiger partial charge in [-0.25, -0.2) is 0 Å². The van der Waals surface area contributed by atoms with Crippen LogP contribution in [-0.4, -0.2) is 36.0 Å². The smallest absolute Gasteiger partial charge is 0.254 e. The Morgan fingerprint density at radius 1 is 1.32 bits per heavy atom. The lowest BCUT2D eigenvalue weighted by atomic mass is 10.1. The first-order valence-electron chi connectivity index (χ1n) is 6.29. The van der Waals surface area contributed by atoms with E-state index in [1.165, 1.54) is 0 Å². The van der Waals surface area contributed by atoms with Crippen molar-refractivity contribution in [1.29, 1.82) is 0 Å². The number of rotatable bonds is 1. The Morgan fingerprint density at radius 3 is 2.47 bits per heavy atom. The Morgan fingerprint density at radius 2 is 1.89 bits per heavy atom. The van der Waals surface area contributed by atoms with E-state index in [0.717, 1.165) is 18.7 Å². The minimum Gasteiger partial charge on any atom is -0.336 e. The number of hydrogen-bond donors (Lipinski definition) is 1. The zero-order chi connectivity index (χ0) is 13.3. The van der Waals surface area contributed by atoms with Crippen LogP contribution in [0.15, 0.2) is 18.2 Å². The predicted molar refractivity (Wildman–Crippen MR) is 81.4 cm³/mol. The van der Waals surface area contributed by atoms with Gasteiger partial charge in [-0.1, -0.05) is 17.7 Å². The third-order valence-corrected chi connectivity index (χ3v) is 3.75. The molecule has 3 nitrogen and oxygen atoms in total. The van der Waals surface area contributed by atoms with Crippen LogP contribution in [0, 0.1) is 6.92 Å². The van der Waals surface area contributed by atoms with Crippen molar-refractivity contribution in [2.24, 2.45) is 0 Å². The normalized spacial score (nSPS) is 22.8. The first kappa shape index (κ1) is 16.3. The van der Waals surface area contributed by atoms with Crippen molar-refractivity contribution in [3.8, 4) is 0 Å². The standard InChI is InChI=1S/C14H19ClN2O.ClH/c1-9-7-17(8-10(2)16-9)14(18)12-5-4-6-13(15)11(12)3;/h4-6,9-10,16H,7-8H2,1-3H3;1H. The van der Waals surface area contributed by atoms with Crippen LogP contribution in [0.5, 0.6) is 0 Å². The fraction of sp³-hybridized carbons (Fsp3) is 0.500. The number of amides is 1. The minimum atomic E-state index is 0. The molecule has 0 aromatic heterocycles. The maximum Gasteiger partial charge on any atom is 0.254 e. The molecule has 0 spiro atoms. The molecule has 1 amide bonds. The number of hydrogen-bond acceptors (Lipinski definition) is 2. The molecule has 1 aliphatic rings. The van der Waals surface area contributed by atoms with Crippen molar-refractivity contribution in [3.05, 3.63) is 34.3 Å². The molecule has 1 aromatic carbocycles. The van der Waals surface area contributed by atoms with Gasteiger partial charge in [-0.2, -0.15) is 0 Å². The van der Waals surface area contributed by atoms with Gasteiger partial charge < -0.3 is 10.2 Å². The van der Waals surface area contributed by atoms with Gasteiger partial charge in [0.15, 0.2) is 0 Å². The number of halogens is 2. The van der Waals surface area contributed by atoms with Gasteiger partial charge in [-0.3, -0.25) is 4.79 Å². The van der Waals surface area contributed by atoms with Crippen molar-refractivity contribution in [2.75, 3.05) is 13.1 Å². The highest BCUT2D eigenvalue weighted by Gasteiger charge is 2.26. The summed E-state index contributed by atoms with van der Waals surface area (Å²) in [6.07, 6.45) is 0. The summed E-state index contributed by atoms with van der Waals surface area (Å²) in [5, 5.41) is 4.07. The molecule has 2 rings (SSSR count). The highest BCUT2D eigenvalue weighted by atomic mass is 35.5. The fourth-order valence-electron chi connectivity index (χ4n) is 2.50. The maximum atomic E-state index is 12.5. The number of piperazine rings is 1. The quantitative estimate of drug-likeness (QED) is 0.865. The van der Waals surface area contributed by atoms with E-state index in [1.807, 2.05) is 30.0 Å². The molecule has 2 unspecified atom stereocenters. The van der Waals surface area contributed by atoms with Crippen molar-refractivity contribution < 1.29 is 4.79 Å². The molecule has 0 bridgehead atoms. The second kappa shape index (κ2) is 6.60. The van der Waals surface area contributed by atoms with Crippen LogP contribution in [0.3, 0.4) is 0 Å². The summed E-state index contributed by atoms with van der Waals surface area (Å²) in [5.41, 5.74) is 1.58. The molecular formula is C14H20Cl2N2O. The lowest BCUT2D eigenvalue weighted by Crippen LogP contribution is -2.55. The van der Waals surface area contributed by atoms with Crippen LogP contribution in [0.4, 0.5) is 0 Å². The molecule has 1 saturated heterocycles. The van der Waals surface area contributed by atoms with E-state index in [9.17, 15) is 4.79 Å². The van der Waals surface area contributed by atoms with Crippen LogP contribution >= 0.6 is 24.0 Å². The molecule has 19 heavy (non-hydrogen) atoms. The van der Waals surface area contributed by atoms with Crippen LogP contribution < -0.4 is 5.32 Å². The van der Waals surface area contributed by atoms with Gasteiger partial charge in [-0.15, -0.1) is 12.4 Å². The number of nitrogens with one attached hydrogen (secondary N) is 1. The molecule has 0 radical (unpaired) electrons. The second-order valence-corrected chi connectivity index (χ2v) is 5.50. The van der Waals surface area contributed by atoms with E-state index < -0.39 is 0 Å². The first-order chi connectivity index (χ1) is 8.49. The molecule has 1 aliphatic heterocycles. The van der Waals surface area contributed by atoms with Crippen LogP contribution in [0.2, 0.25) is 5.02 Å². The SMILES string of the molecule is Cc1c(Cl)cccc1C(=O)N1CC(C)NC(C)C1.Cl. The van der Waals surface area contributed by atoms with Crippen molar-refractivity contribution in [1.82, 2.24) is 10.2 Å². The topological polar surface area (TPSA) is 32.3 Å². The van der Waals surface area contributed by atoms with Gasteiger partial charge in [0.25, 0.3) is 5.91 Å². The average molecular weight is 303 g/mol. The second-order valence-electron chi connectivity index (χ2n) is 5.09. The molecule has 5 heteroatoms. The van der Waals surface area contributed by atoms with Crippen LogP contribution in [-0.2, 0) is 0 Å². The summed E-state index contributed by atoms with van der Waals surface area (Å²) in [4.78, 5) is 14.4. The van der Waals surface area contributed by atoms with Crippen LogP contribution in [0.25, 0.3) is 0 Å². The average Bonchev–Trinajstić information content (AvgIpc) is 2.30. The highest BCUT2D eigenvalue weighted by Crippen LogP contribution is 2.21. The van der Waals surface area contributed by atoms with E-state index in [4.69, 9.17) is 11.6 Å². The molecule has 0 aliphatic carbocycles. The van der Waals surface area contributed by atoms with Crippen molar-refractivity contribution in [3.63, 3.8) is 0 Å². The summed E-state index contributed by atoms with van der Waals surface area (Å²) in [5.74, 6) is 0.0789. The molecule has 1 heterocycles. The zero-order valence-electron chi connectivity index (χ0n) is 11.4. The van der Waals surface area contributed by atoms with Gasteiger partial charge >= 0.3 is 0 Å². The molecule has 2 atom stereocenters. The third-order valence-electron chi connectivity index (χ3n) is 3.34. The van der Waals surface area contributed by atoms with E-state index >= 15 is 0 Å². The molecule has 0 saturated carbocycles. The van der Waals surface area contributed by atoms with E-state index in [2.05, 4.69) is 19.2 Å². The van der Waals surface area contributed by atoms with Gasteiger partial charge in [0.2, 0.25) is 0 Å².